The Morgan fingerprint density at radius 3 is 2.56 bits per heavy atom. The summed E-state index contributed by atoms with van der Waals surface area (Å²) in [5.41, 5.74) is 1.13. The molecule has 2 saturated heterocycles. The molecule has 0 radical (unpaired) electrons. The number of anilines is 2. The fourth-order valence-corrected chi connectivity index (χ4v) is 5.57. The lowest BCUT2D eigenvalue weighted by atomic mass is 10.0. The molecule has 25 heavy (non-hydrogen) atoms. The fraction of sp³-hybridized carbons (Fsp3) is 0.368. The van der Waals surface area contributed by atoms with Gasteiger partial charge in [-0.15, -0.1) is 11.8 Å². The topological polar surface area (TPSA) is 32.3 Å². The molecule has 2 atom stereocenters. The monoisotopic (exact) mass is 368 g/mol. The van der Waals surface area contributed by atoms with Gasteiger partial charge in [0.15, 0.2) is 5.13 Å². The Labute approximate surface area is 155 Å². The SMILES string of the molecule is CSc1ccc2nc(N3CC4CN(c5ccccn5)CC4C3)sc2c1. The quantitative estimate of drug-likeness (QED) is 0.653. The zero-order chi connectivity index (χ0) is 16.8. The maximum Gasteiger partial charge on any atom is 0.186 e. The molecule has 2 aliphatic rings. The predicted octanol–water partition coefficient (Wildman–Crippen LogP) is 3.99. The van der Waals surface area contributed by atoms with E-state index < -0.39 is 0 Å². The Bertz CT molecular complexity index is 881. The van der Waals surface area contributed by atoms with E-state index in [1.54, 1.807) is 11.8 Å². The Morgan fingerprint density at radius 2 is 1.84 bits per heavy atom. The molecule has 1 aromatic carbocycles. The summed E-state index contributed by atoms with van der Waals surface area (Å²) in [6, 6.07) is 12.8. The van der Waals surface area contributed by atoms with Gasteiger partial charge in [-0.1, -0.05) is 17.4 Å². The van der Waals surface area contributed by atoms with Crippen LogP contribution in [0.1, 0.15) is 0 Å². The van der Waals surface area contributed by atoms with Gasteiger partial charge in [0.2, 0.25) is 0 Å². The van der Waals surface area contributed by atoms with Crippen molar-refractivity contribution in [3.8, 4) is 0 Å². The highest BCUT2D eigenvalue weighted by molar-refractivity contribution is 7.98. The van der Waals surface area contributed by atoms with Crippen LogP contribution in [-0.2, 0) is 0 Å². The number of hydrogen-bond acceptors (Lipinski definition) is 6. The van der Waals surface area contributed by atoms with Gasteiger partial charge in [0.05, 0.1) is 10.2 Å². The fourth-order valence-electron chi connectivity index (χ4n) is 4.03. The van der Waals surface area contributed by atoms with Crippen LogP contribution < -0.4 is 9.80 Å². The smallest absolute Gasteiger partial charge is 0.186 e. The normalized spacial score (nSPS) is 22.8. The molecule has 0 saturated carbocycles. The van der Waals surface area contributed by atoms with Gasteiger partial charge in [0.1, 0.15) is 5.82 Å². The van der Waals surface area contributed by atoms with Crippen LogP contribution in [0.2, 0.25) is 0 Å². The van der Waals surface area contributed by atoms with Crippen LogP contribution in [0.3, 0.4) is 0 Å². The average Bonchev–Trinajstić information content (AvgIpc) is 3.33. The third-order valence-corrected chi connectivity index (χ3v) is 7.12. The second-order valence-corrected chi connectivity index (χ2v) is 8.74. The first-order valence-corrected chi connectivity index (χ1v) is 10.7. The third kappa shape index (κ3) is 2.77. The summed E-state index contributed by atoms with van der Waals surface area (Å²) in [7, 11) is 0. The largest absolute Gasteiger partial charge is 0.356 e. The molecule has 128 valence electrons. The van der Waals surface area contributed by atoms with Crippen LogP contribution in [0.5, 0.6) is 0 Å². The zero-order valence-corrected chi connectivity index (χ0v) is 15.8. The number of hydrogen-bond donors (Lipinski definition) is 0. The summed E-state index contributed by atoms with van der Waals surface area (Å²) in [5, 5.41) is 1.19. The van der Waals surface area contributed by atoms with Gasteiger partial charge in [-0.3, -0.25) is 0 Å². The Morgan fingerprint density at radius 1 is 1.04 bits per heavy atom. The predicted molar refractivity (Wildman–Crippen MR) is 107 cm³/mol. The molecule has 2 unspecified atom stereocenters. The van der Waals surface area contributed by atoms with Crippen molar-refractivity contribution in [3.63, 3.8) is 0 Å². The van der Waals surface area contributed by atoms with Gasteiger partial charge in [0.25, 0.3) is 0 Å². The highest BCUT2D eigenvalue weighted by atomic mass is 32.2. The molecule has 0 bridgehead atoms. The molecule has 3 aromatic rings. The number of thiazole rings is 1. The summed E-state index contributed by atoms with van der Waals surface area (Å²) in [5.74, 6) is 2.56. The molecule has 4 nitrogen and oxygen atoms in total. The van der Waals surface area contributed by atoms with Gasteiger partial charge < -0.3 is 9.80 Å². The molecule has 0 amide bonds. The molecule has 0 N–H and O–H groups in total. The maximum atomic E-state index is 4.88. The van der Waals surface area contributed by atoms with Gasteiger partial charge in [0, 0.05) is 49.1 Å². The molecule has 2 aromatic heterocycles. The number of rotatable bonds is 3. The lowest BCUT2D eigenvalue weighted by molar-refractivity contribution is 0.533. The van der Waals surface area contributed by atoms with Crippen molar-refractivity contribution >= 4 is 44.3 Å². The highest BCUT2D eigenvalue weighted by Gasteiger charge is 2.41. The number of benzene rings is 1. The average molecular weight is 369 g/mol. The molecule has 4 heterocycles. The van der Waals surface area contributed by atoms with Crippen LogP contribution in [0.4, 0.5) is 10.9 Å². The summed E-state index contributed by atoms with van der Waals surface area (Å²) < 4.78 is 1.30. The number of aromatic nitrogens is 2. The van der Waals surface area contributed by atoms with E-state index in [1.807, 2.05) is 23.6 Å². The van der Waals surface area contributed by atoms with E-state index in [-0.39, 0.29) is 0 Å². The standard InChI is InChI=1S/C19H20N4S2/c1-24-15-5-6-16-17(8-15)25-19(21-16)23-11-13-9-22(10-14(13)12-23)18-4-2-3-7-20-18/h2-8,13-14H,9-12H2,1H3. The number of thioether (sulfide) groups is 1. The second-order valence-electron chi connectivity index (χ2n) is 6.85. The lowest BCUT2D eigenvalue weighted by Gasteiger charge is -2.21. The van der Waals surface area contributed by atoms with Crippen LogP contribution in [0.25, 0.3) is 10.2 Å². The van der Waals surface area contributed by atoms with Crippen molar-refractivity contribution in [2.24, 2.45) is 11.8 Å². The minimum Gasteiger partial charge on any atom is -0.356 e. The first kappa shape index (κ1) is 15.5. The van der Waals surface area contributed by atoms with Crippen LogP contribution in [-0.4, -0.2) is 42.4 Å². The second kappa shape index (κ2) is 6.18. The maximum absolute atomic E-state index is 4.88. The van der Waals surface area contributed by atoms with Gasteiger partial charge in [-0.25, -0.2) is 9.97 Å². The molecular formula is C19H20N4S2. The van der Waals surface area contributed by atoms with E-state index in [4.69, 9.17) is 4.98 Å². The number of fused-ring (bicyclic) bond motifs is 2. The van der Waals surface area contributed by atoms with Crippen molar-refractivity contribution < 1.29 is 0 Å². The first-order chi connectivity index (χ1) is 12.3. The van der Waals surface area contributed by atoms with Crippen molar-refractivity contribution in [1.29, 1.82) is 0 Å². The van der Waals surface area contributed by atoms with Gasteiger partial charge in [-0.2, -0.15) is 0 Å². The van der Waals surface area contributed by atoms with Crippen molar-refractivity contribution in [3.05, 3.63) is 42.6 Å². The van der Waals surface area contributed by atoms with E-state index in [9.17, 15) is 0 Å². The van der Waals surface area contributed by atoms with Gasteiger partial charge >= 0.3 is 0 Å². The van der Waals surface area contributed by atoms with E-state index in [0.717, 1.165) is 49.3 Å². The Kier molecular flexibility index (Phi) is 3.82. The van der Waals surface area contributed by atoms with Crippen molar-refractivity contribution in [2.45, 2.75) is 4.90 Å². The molecule has 6 heteroatoms. The van der Waals surface area contributed by atoms with Crippen LogP contribution in [0.15, 0.2) is 47.5 Å². The van der Waals surface area contributed by atoms with Crippen molar-refractivity contribution in [1.82, 2.24) is 9.97 Å². The van der Waals surface area contributed by atoms with Gasteiger partial charge in [-0.05, 0) is 36.6 Å². The summed E-state index contributed by atoms with van der Waals surface area (Å²) in [6.45, 7) is 4.45. The minimum atomic E-state index is 0.718. The van der Waals surface area contributed by atoms with Crippen molar-refractivity contribution in [2.75, 3.05) is 42.2 Å². The number of nitrogens with zero attached hydrogens (tertiary/aromatic N) is 4. The van der Waals surface area contributed by atoms with Crippen LogP contribution >= 0.6 is 23.1 Å². The van der Waals surface area contributed by atoms with E-state index in [0.29, 0.717) is 0 Å². The Balaban J connectivity index is 1.33. The lowest BCUT2D eigenvalue weighted by Crippen LogP contribution is -2.29. The summed E-state index contributed by atoms with van der Waals surface area (Å²) in [4.78, 5) is 15.6. The summed E-state index contributed by atoms with van der Waals surface area (Å²) >= 11 is 3.63. The molecular weight excluding hydrogens is 348 g/mol. The molecule has 0 aliphatic carbocycles. The molecule has 2 fully saturated rings. The van der Waals surface area contributed by atoms with Crippen LogP contribution in [0, 0.1) is 11.8 Å². The first-order valence-electron chi connectivity index (χ1n) is 8.65. The Hall–Kier alpha value is -1.79. The minimum absolute atomic E-state index is 0.718. The number of pyridine rings is 1. The third-order valence-electron chi connectivity index (χ3n) is 5.31. The highest BCUT2D eigenvalue weighted by Crippen LogP contribution is 2.38. The summed E-state index contributed by atoms with van der Waals surface area (Å²) in [6.07, 6.45) is 4.01. The molecule has 2 aliphatic heterocycles. The molecule has 0 spiro atoms. The van der Waals surface area contributed by atoms with E-state index in [1.165, 1.54) is 14.7 Å². The molecule has 5 rings (SSSR count). The van der Waals surface area contributed by atoms with E-state index >= 15 is 0 Å². The van der Waals surface area contributed by atoms with E-state index in [2.05, 4.69) is 51.4 Å². The zero-order valence-electron chi connectivity index (χ0n) is 14.1.